The van der Waals surface area contributed by atoms with Crippen LogP contribution in [0.15, 0.2) is 36.2 Å². The van der Waals surface area contributed by atoms with Gasteiger partial charge in [-0.1, -0.05) is 17.7 Å². The first-order chi connectivity index (χ1) is 15.7. The normalized spacial score (nSPS) is 15.8. The largest absolute Gasteiger partial charge is 0.480 e. The number of carboxylic acid groups (broad SMARTS) is 1. The molecule has 0 aliphatic carbocycles. The van der Waals surface area contributed by atoms with Crippen LogP contribution >= 0.6 is 0 Å². The fourth-order valence-corrected chi connectivity index (χ4v) is 3.34. The highest BCUT2D eigenvalue weighted by Gasteiger charge is 2.29. The lowest BCUT2D eigenvalue weighted by atomic mass is 10.0. The van der Waals surface area contributed by atoms with E-state index in [0.717, 1.165) is 5.57 Å². The molecule has 2 heterocycles. The van der Waals surface area contributed by atoms with Gasteiger partial charge < -0.3 is 37.2 Å². The molecule has 1 aliphatic rings. The number of carboxylic acids is 1. The van der Waals surface area contributed by atoms with Gasteiger partial charge in [-0.05, 0) is 25.3 Å². The van der Waals surface area contributed by atoms with Crippen LogP contribution in [0.1, 0.15) is 37.4 Å². The molecule has 180 valence electrons. The van der Waals surface area contributed by atoms with Crippen LogP contribution in [0.5, 0.6) is 0 Å². The third kappa shape index (κ3) is 8.16. The fourth-order valence-electron chi connectivity index (χ4n) is 3.34. The van der Waals surface area contributed by atoms with E-state index < -0.39 is 30.1 Å². The molecule has 3 unspecified atom stereocenters. The summed E-state index contributed by atoms with van der Waals surface area (Å²) in [5.74, 6) is -2.21. The maximum absolute atomic E-state index is 12.2. The number of carbonyl (C=O) groups is 3. The molecule has 2 rings (SSSR count). The van der Waals surface area contributed by atoms with E-state index in [0.29, 0.717) is 38.9 Å². The third-order valence-electron chi connectivity index (χ3n) is 5.21. The maximum Gasteiger partial charge on any atom is 0.329 e. The van der Waals surface area contributed by atoms with E-state index in [1.807, 2.05) is 6.08 Å². The van der Waals surface area contributed by atoms with Crippen molar-refractivity contribution < 1.29 is 24.6 Å². The predicted octanol–water partition coefficient (Wildman–Crippen LogP) is -1.18. The van der Waals surface area contributed by atoms with Crippen molar-refractivity contribution in [2.75, 3.05) is 19.6 Å². The van der Waals surface area contributed by atoms with Gasteiger partial charge in [0.2, 0.25) is 11.8 Å². The van der Waals surface area contributed by atoms with Gasteiger partial charge >= 0.3 is 5.97 Å². The molecule has 12 nitrogen and oxygen atoms in total. The Morgan fingerprint density at radius 1 is 1.30 bits per heavy atom. The van der Waals surface area contributed by atoms with E-state index in [4.69, 9.17) is 16.9 Å². The molecule has 9 N–H and O–H groups in total. The first kappa shape index (κ1) is 25.7. The second-order valence-corrected chi connectivity index (χ2v) is 7.80. The van der Waals surface area contributed by atoms with Crippen LogP contribution in [0.3, 0.4) is 0 Å². The van der Waals surface area contributed by atoms with E-state index in [9.17, 15) is 24.6 Å². The van der Waals surface area contributed by atoms with Gasteiger partial charge in [-0.25, -0.2) is 4.79 Å². The van der Waals surface area contributed by atoms with Gasteiger partial charge in [0.1, 0.15) is 6.10 Å². The Labute approximate surface area is 191 Å². The molecule has 1 aliphatic heterocycles. The van der Waals surface area contributed by atoms with Crippen molar-refractivity contribution in [2.45, 2.75) is 43.9 Å². The van der Waals surface area contributed by atoms with Crippen molar-refractivity contribution in [2.24, 2.45) is 11.5 Å². The number of aliphatic carboxylic acids is 1. The molecule has 0 spiro atoms. The highest BCUT2D eigenvalue weighted by atomic mass is 16.4. The number of nitrogens with zero attached hydrogens (tertiary/aromatic N) is 2. The molecule has 33 heavy (non-hydrogen) atoms. The summed E-state index contributed by atoms with van der Waals surface area (Å²) in [6, 6.07) is 0.862. The van der Waals surface area contributed by atoms with Gasteiger partial charge in [-0.2, -0.15) is 0 Å². The SMILES string of the molecule is N=C(N)N1CC=C(CC(N)C(=O)NCCCCC(=O)NC(C(=O)O)C(O)c2cccnc2)C1. The van der Waals surface area contributed by atoms with Crippen molar-refractivity contribution in [3.05, 3.63) is 41.7 Å². The Morgan fingerprint density at radius 3 is 2.67 bits per heavy atom. The Kier molecular flexibility index (Phi) is 9.76. The van der Waals surface area contributed by atoms with E-state index >= 15 is 0 Å². The summed E-state index contributed by atoms with van der Waals surface area (Å²) in [5.41, 5.74) is 12.6. The number of guanidine groups is 1. The molecule has 1 aromatic rings. The summed E-state index contributed by atoms with van der Waals surface area (Å²) in [5, 5.41) is 32.1. The highest BCUT2D eigenvalue weighted by Crippen LogP contribution is 2.16. The third-order valence-corrected chi connectivity index (χ3v) is 5.21. The van der Waals surface area contributed by atoms with E-state index in [2.05, 4.69) is 15.6 Å². The number of nitrogens with one attached hydrogen (secondary N) is 3. The summed E-state index contributed by atoms with van der Waals surface area (Å²) >= 11 is 0. The lowest BCUT2D eigenvalue weighted by Crippen LogP contribution is -2.45. The fraction of sp³-hybridized carbons (Fsp3) is 0.476. The van der Waals surface area contributed by atoms with Crippen LogP contribution in [0.2, 0.25) is 0 Å². The minimum Gasteiger partial charge on any atom is -0.480 e. The second-order valence-electron chi connectivity index (χ2n) is 7.80. The zero-order chi connectivity index (χ0) is 24.4. The molecule has 0 bridgehead atoms. The number of aliphatic hydroxyl groups excluding tert-OH is 1. The number of pyridine rings is 1. The smallest absolute Gasteiger partial charge is 0.329 e. The Bertz CT molecular complexity index is 877. The van der Waals surface area contributed by atoms with Crippen molar-refractivity contribution in [3.8, 4) is 0 Å². The average molecular weight is 462 g/mol. The van der Waals surface area contributed by atoms with Gasteiger partial charge in [0, 0.05) is 44.0 Å². The number of carbonyl (C=O) groups excluding carboxylic acids is 2. The molecular formula is C21H31N7O5. The molecular weight excluding hydrogens is 430 g/mol. The van der Waals surface area contributed by atoms with Crippen LogP contribution in [0, 0.1) is 5.41 Å². The number of hydrogen-bond donors (Lipinski definition) is 7. The number of nitrogens with two attached hydrogens (primary N) is 2. The molecule has 1 aromatic heterocycles. The monoisotopic (exact) mass is 461 g/mol. The predicted molar refractivity (Wildman–Crippen MR) is 120 cm³/mol. The number of unbranched alkanes of at least 4 members (excludes halogenated alkanes) is 1. The zero-order valence-electron chi connectivity index (χ0n) is 18.2. The lowest BCUT2D eigenvalue weighted by Gasteiger charge is -2.20. The topological polar surface area (TPSA) is 208 Å². The van der Waals surface area contributed by atoms with E-state index in [-0.39, 0.29) is 23.9 Å². The molecule has 3 atom stereocenters. The number of rotatable bonds is 12. The molecule has 0 fully saturated rings. The Morgan fingerprint density at radius 2 is 2.06 bits per heavy atom. The summed E-state index contributed by atoms with van der Waals surface area (Å²) in [6.45, 7) is 1.33. The van der Waals surface area contributed by atoms with Crippen molar-refractivity contribution in [3.63, 3.8) is 0 Å². The first-order valence-corrected chi connectivity index (χ1v) is 10.6. The van der Waals surface area contributed by atoms with Gasteiger partial charge in [-0.3, -0.25) is 20.0 Å². The zero-order valence-corrected chi connectivity index (χ0v) is 18.2. The molecule has 0 radical (unpaired) electrons. The van der Waals surface area contributed by atoms with Crippen molar-refractivity contribution in [1.29, 1.82) is 5.41 Å². The molecule has 2 amide bonds. The standard InChI is InChI=1S/C21H31N7O5/c22-15(10-13-6-9-28(12-13)21(23)24)19(31)26-8-2-1-5-16(29)27-17(20(32)33)18(30)14-4-3-7-25-11-14/h3-4,6-7,11,15,17-18,30H,1-2,5,8-10,12,22H2,(H3,23,24)(H,26,31)(H,27,29)(H,32,33). The number of hydrogen-bond acceptors (Lipinski definition) is 7. The van der Waals surface area contributed by atoms with Gasteiger partial charge in [0.25, 0.3) is 0 Å². The van der Waals surface area contributed by atoms with Crippen molar-refractivity contribution in [1.82, 2.24) is 20.5 Å². The summed E-state index contributed by atoms with van der Waals surface area (Å²) in [6.07, 6.45) is 4.62. The minimum atomic E-state index is -1.50. The van der Waals surface area contributed by atoms with E-state index in [1.54, 1.807) is 11.0 Å². The van der Waals surface area contributed by atoms with Crippen molar-refractivity contribution >= 4 is 23.7 Å². The van der Waals surface area contributed by atoms with Crippen LogP contribution in [0.4, 0.5) is 0 Å². The highest BCUT2D eigenvalue weighted by molar-refractivity contribution is 5.84. The lowest BCUT2D eigenvalue weighted by molar-refractivity contribution is -0.145. The average Bonchev–Trinajstić information content (AvgIpc) is 3.26. The summed E-state index contributed by atoms with van der Waals surface area (Å²) < 4.78 is 0. The molecule has 0 saturated heterocycles. The van der Waals surface area contributed by atoms with Gasteiger partial charge in [0.15, 0.2) is 12.0 Å². The molecule has 0 saturated carbocycles. The quantitative estimate of drug-likeness (QED) is 0.0864. The molecule has 12 heteroatoms. The second kappa shape index (κ2) is 12.5. The number of amides is 2. The van der Waals surface area contributed by atoms with Crippen LogP contribution in [0.25, 0.3) is 0 Å². The van der Waals surface area contributed by atoms with Gasteiger partial charge in [-0.15, -0.1) is 0 Å². The number of aliphatic hydroxyl groups is 1. The molecule has 0 aromatic carbocycles. The van der Waals surface area contributed by atoms with E-state index in [1.165, 1.54) is 18.5 Å². The summed E-state index contributed by atoms with van der Waals surface area (Å²) in [7, 11) is 0. The Hall–Kier alpha value is -3.51. The van der Waals surface area contributed by atoms with Crippen LogP contribution in [-0.2, 0) is 14.4 Å². The first-order valence-electron chi connectivity index (χ1n) is 10.6. The summed E-state index contributed by atoms with van der Waals surface area (Å²) in [4.78, 5) is 41.2. The van der Waals surface area contributed by atoms with Crippen LogP contribution < -0.4 is 22.1 Å². The van der Waals surface area contributed by atoms with Crippen LogP contribution in [-0.4, -0.2) is 75.6 Å². The minimum absolute atomic E-state index is 0.0235. The van der Waals surface area contributed by atoms with Gasteiger partial charge in [0.05, 0.1) is 6.04 Å². The Balaban J connectivity index is 1.66. The number of aromatic nitrogens is 1. The maximum atomic E-state index is 12.2.